The lowest BCUT2D eigenvalue weighted by Crippen LogP contribution is -2.16. The molecule has 3 rings (SSSR count). The van der Waals surface area contributed by atoms with Crippen LogP contribution in [0.4, 0.5) is 5.69 Å². The number of hydrogen-bond acceptors (Lipinski definition) is 3. The summed E-state index contributed by atoms with van der Waals surface area (Å²) < 4.78 is 13.0. The quantitative estimate of drug-likeness (QED) is 0.945. The monoisotopic (exact) mass is 314 g/mol. The van der Waals surface area contributed by atoms with Crippen LogP contribution in [0.3, 0.4) is 0 Å². The maximum atomic E-state index is 13.0. The van der Waals surface area contributed by atoms with Gasteiger partial charge in [-0.05, 0) is 61.3 Å². The molecule has 1 aliphatic heterocycles. The van der Waals surface area contributed by atoms with E-state index in [1.165, 1.54) is 11.1 Å². The van der Waals surface area contributed by atoms with Crippen LogP contribution in [0.2, 0.25) is 0 Å². The molecule has 1 atom stereocenters. The molecular weight excluding hydrogens is 292 g/mol. The van der Waals surface area contributed by atoms with Gasteiger partial charge in [-0.1, -0.05) is 18.2 Å². The molecule has 2 aromatic carbocycles. The summed E-state index contributed by atoms with van der Waals surface area (Å²) >= 11 is 0. The number of rotatable bonds is 3. The highest BCUT2D eigenvalue weighted by Gasteiger charge is 2.18. The molecule has 2 aromatic rings. The van der Waals surface area contributed by atoms with E-state index < -0.39 is 10.8 Å². The molecule has 0 fully saturated rings. The second-order valence-corrected chi connectivity index (χ2v) is 7.26. The highest BCUT2D eigenvalue weighted by atomic mass is 32.2. The molecule has 1 N–H and O–H groups in total. The summed E-state index contributed by atoms with van der Waals surface area (Å²) in [6.45, 7) is 2.01. The van der Waals surface area contributed by atoms with Crippen molar-refractivity contribution in [1.82, 2.24) is 5.32 Å². The molecule has 4 heteroatoms. The van der Waals surface area contributed by atoms with Crippen molar-refractivity contribution in [1.29, 1.82) is 0 Å². The van der Waals surface area contributed by atoms with Gasteiger partial charge in [-0.2, -0.15) is 0 Å². The largest absolute Gasteiger partial charge is 0.377 e. The van der Waals surface area contributed by atoms with Crippen LogP contribution in [-0.2, 0) is 23.6 Å². The van der Waals surface area contributed by atoms with Crippen LogP contribution in [-0.4, -0.2) is 31.4 Å². The number of anilines is 1. The molecule has 0 radical (unpaired) electrons. The van der Waals surface area contributed by atoms with Crippen molar-refractivity contribution < 1.29 is 4.21 Å². The van der Waals surface area contributed by atoms with E-state index in [1.54, 1.807) is 0 Å². The minimum atomic E-state index is -1.14. The van der Waals surface area contributed by atoms with Crippen molar-refractivity contribution in [2.45, 2.75) is 22.6 Å². The molecule has 22 heavy (non-hydrogen) atoms. The summed E-state index contributed by atoms with van der Waals surface area (Å²) in [5, 5.41) is 3.43. The molecule has 0 amide bonds. The summed E-state index contributed by atoms with van der Waals surface area (Å²) in [5.41, 5.74) is 3.76. The van der Waals surface area contributed by atoms with E-state index >= 15 is 0 Å². The van der Waals surface area contributed by atoms with Crippen LogP contribution in [0.1, 0.15) is 11.1 Å². The van der Waals surface area contributed by atoms with Gasteiger partial charge in [0.15, 0.2) is 0 Å². The Hall–Kier alpha value is -1.65. The van der Waals surface area contributed by atoms with E-state index in [0.717, 1.165) is 41.4 Å². The zero-order valence-corrected chi connectivity index (χ0v) is 14.0. The number of benzene rings is 2. The van der Waals surface area contributed by atoms with Gasteiger partial charge in [0.1, 0.15) is 0 Å². The lowest BCUT2D eigenvalue weighted by Gasteiger charge is -2.20. The van der Waals surface area contributed by atoms with E-state index in [-0.39, 0.29) is 0 Å². The highest BCUT2D eigenvalue weighted by Crippen LogP contribution is 2.30. The summed E-state index contributed by atoms with van der Waals surface area (Å²) in [6.07, 6.45) is 2.04. The maximum Gasteiger partial charge on any atom is 0.0870 e. The van der Waals surface area contributed by atoms with Crippen LogP contribution in [0.5, 0.6) is 0 Å². The van der Waals surface area contributed by atoms with Crippen LogP contribution < -0.4 is 10.2 Å². The van der Waals surface area contributed by atoms with E-state index in [9.17, 15) is 4.21 Å². The summed E-state index contributed by atoms with van der Waals surface area (Å²) in [5.74, 6) is 0. The van der Waals surface area contributed by atoms with Gasteiger partial charge in [0.25, 0.3) is 0 Å². The summed E-state index contributed by atoms with van der Waals surface area (Å²) in [6, 6.07) is 14.1. The third-order valence-electron chi connectivity index (χ3n) is 4.06. The standard InChI is InChI=1S/C18H22N2OS/c1-20(2)17-12-14-8-10-19-11-9-15(14)13-18(17)22(21)16-6-4-3-5-7-16/h3-7,12-13,19H,8-11H2,1-2H3. The third-order valence-corrected chi connectivity index (χ3v) is 5.49. The Morgan fingerprint density at radius 3 is 2.27 bits per heavy atom. The molecule has 1 unspecified atom stereocenters. The molecule has 1 heterocycles. The molecule has 0 saturated carbocycles. The SMILES string of the molecule is CN(C)c1cc2c(cc1S(=O)c1ccccc1)CCNCC2. The molecule has 116 valence electrons. The Labute approximate surface area is 134 Å². The van der Waals surface area contributed by atoms with E-state index in [2.05, 4.69) is 22.3 Å². The van der Waals surface area contributed by atoms with Gasteiger partial charge in [0, 0.05) is 19.0 Å². The smallest absolute Gasteiger partial charge is 0.0870 e. The molecule has 0 aliphatic carbocycles. The minimum Gasteiger partial charge on any atom is -0.377 e. The lowest BCUT2D eigenvalue weighted by molar-refractivity contribution is 0.682. The Bertz CT molecular complexity index is 683. The van der Waals surface area contributed by atoms with Crippen LogP contribution in [0.15, 0.2) is 52.3 Å². The predicted molar refractivity (Wildman–Crippen MR) is 92.2 cm³/mol. The molecule has 0 saturated heterocycles. The maximum absolute atomic E-state index is 13.0. The zero-order chi connectivity index (χ0) is 15.5. The third kappa shape index (κ3) is 3.08. The molecular formula is C18H22N2OS. The van der Waals surface area contributed by atoms with Crippen LogP contribution in [0, 0.1) is 0 Å². The zero-order valence-electron chi connectivity index (χ0n) is 13.1. The molecule has 0 bridgehead atoms. The number of fused-ring (bicyclic) bond motifs is 1. The first kappa shape index (κ1) is 15.3. The summed E-state index contributed by atoms with van der Waals surface area (Å²) in [4.78, 5) is 3.84. The molecule has 0 aromatic heterocycles. The first-order valence-electron chi connectivity index (χ1n) is 7.67. The fourth-order valence-corrected chi connectivity index (χ4v) is 4.20. The van der Waals surface area contributed by atoms with Crippen molar-refractivity contribution in [2.24, 2.45) is 0 Å². The van der Waals surface area contributed by atoms with Gasteiger partial charge in [0.05, 0.1) is 21.4 Å². The molecule has 3 nitrogen and oxygen atoms in total. The minimum absolute atomic E-state index is 0.859. The number of hydrogen-bond donors (Lipinski definition) is 1. The fourth-order valence-electron chi connectivity index (χ4n) is 2.86. The Morgan fingerprint density at radius 2 is 1.64 bits per heavy atom. The lowest BCUT2D eigenvalue weighted by atomic mass is 10.0. The Morgan fingerprint density at radius 1 is 1.00 bits per heavy atom. The predicted octanol–water partition coefficient (Wildman–Crippen LogP) is 2.61. The van der Waals surface area contributed by atoms with E-state index in [1.807, 2.05) is 44.4 Å². The second-order valence-electron chi connectivity index (χ2n) is 5.81. The van der Waals surface area contributed by atoms with Gasteiger partial charge in [-0.3, -0.25) is 0 Å². The van der Waals surface area contributed by atoms with Gasteiger partial charge in [-0.25, -0.2) is 4.21 Å². The van der Waals surface area contributed by atoms with E-state index in [0.29, 0.717) is 0 Å². The Balaban J connectivity index is 2.09. The van der Waals surface area contributed by atoms with Gasteiger partial charge in [0.2, 0.25) is 0 Å². The van der Waals surface area contributed by atoms with Gasteiger partial charge >= 0.3 is 0 Å². The number of nitrogens with zero attached hydrogens (tertiary/aromatic N) is 1. The average Bonchev–Trinajstić information content (AvgIpc) is 2.78. The van der Waals surface area contributed by atoms with Crippen molar-refractivity contribution in [3.8, 4) is 0 Å². The first-order valence-corrected chi connectivity index (χ1v) is 8.82. The highest BCUT2D eigenvalue weighted by molar-refractivity contribution is 7.85. The van der Waals surface area contributed by atoms with Crippen LogP contribution in [0.25, 0.3) is 0 Å². The second kappa shape index (κ2) is 6.63. The van der Waals surface area contributed by atoms with Gasteiger partial charge in [-0.15, -0.1) is 0 Å². The van der Waals surface area contributed by atoms with Crippen molar-refractivity contribution in [2.75, 3.05) is 32.1 Å². The topological polar surface area (TPSA) is 32.3 Å². The van der Waals surface area contributed by atoms with E-state index in [4.69, 9.17) is 0 Å². The normalized spacial score (nSPS) is 15.7. The van der Waals surface area contributed by atoms with Gasteiger partial charge < -0.3 is 10.2 Å². The average molecular weight is 314 g/mol. The Kier molecular flexibility index (Phi) is 4.60. The van der Waals surface area contributed by atoms with Crippen molar-refractivity contribution in [3.05, 3.63) is 53.6 Å². The molecule has 0 spiro atoms. The van der Waals surface area contributed by atoms with Crippen LogP contribution >= 0.6 is 0 Å². The first-order chi connectivity index (χ1) is 10.7. The van der Waals surface area contributed by atoms with Crippen molar-refractivity contribution >= 4 is 16.5 Å². The number of nitrogens with one attached hydrogen (secondary N) is 1. The molecule has 1 aliphatic rings. The fraction of sp³-hybridized carbons (Fsp3) is 0.333. The summed E-state index contributed by atoms with van der Waals surface area (Å²) in [7, 11) is 2.89. The van der Waals surface area contributed by atoms with Crippen molar-refractivity contribution in [3.63, 3.8) is 0 Å².